The Hall–Kier alpha value is -3.42. The van der Waals surface area contributed by atoms with E-state index in [9.17, 15) is 9.59 Å². The highest BCUT2D eigenvalue weighted by atomic mass is 35.5. The lowest BCUT2D eigenvalue weighted by Gasteiger charge is -2.35. The maximum absolute atomic E-state index is 12.8. The molecule has 2 fully saturated rings. The van der Waals surface area contributed by atoms with Gasteiger partial charge in [-0.05, 0) is 67.4 Å². The summed E-state index contributed by atoms with van der Waals surface area (Å²) in [6.07, 6.45) is 1.92. The van der Waals surface area contributed by atoms with Gasteiger partial charge in [-0.3, -0.25) is 4.79 Å². The normalized spacial score (nSPS) is 15.6. The summed E-state index contributed by atoms with van der Waals surface area (Å²) in [6.45, 7) is 4.40. The van der Waals surface area contributed by atoms with Gasteiger partial charge in [0.15, 0.2) is 5.75 Å². The van der Waals surface area contributed by atoms with Gasteiger partial charge in [0, 0.05) is 61.9 Å². The van der Waals surface area contributed by atoms with Gasteiger partial charge in [-0.2, -0.15) is 0 Å². The number of ether oxygens (including phenoxy) is 1. The van der Waals surface area contributed by atoms with Crippen LogP contribution in [0.4, 0.5) is 21.9 Å². The lowest BCUT2D eigenvalue weighted by Crippen LogP contribution is -2.49. The Morgan fingerprint density at radius 2 is 1.35 bits per heavy atom. The van der Waals surface area contributed by atoms with Gasteiger partial charge in [-0.25, -0.2) is 4.79 Å². The molecule has 0 atom stereocenters. The average Bonchev–Trinajstić information content (AvgIpc) is 3.47. The number of piperazine rings is 1. The molecule has 0 spiro atoms. The molecule has 192 valence electrons. The first kappa shape index (κ1) is 25.2. The number of benzene rings is 3. The zero-order chi connectivity index (χ0) is 25.8. The fourth-order valence-electron chi connectivity index (χ4n) is 4.66. The summed E-state index contributed by atoms with van der Waals surface area (Å²) < 4.78 is 5.44. The van der Waals surface area contributed by atoms with Crippen LogP contribution in [0.5, 0.6) is 5.75 Å². The molecule has 3 aromatic rings. The van der Waals surface area contributed by atoms with Crippen molar-refractivity contribution in [3.63, 3.8) is 0 Å². The zero-order valence-corrected chi connectivity index (χ0v) is 21.8. The van der Waals surface area contributed by atoms with Crippen LogP contribution in [0.2, 0.25) is 10.0 Å². The molecule has 5 rings (SSSR count). The third kappa shape index (κ3) is 5.95. The van der Waals surface area contributed by atoms with Crippen LogP contribution < -0.4 is 19.9 Å². The quantitative estimate of drug-likeness (QED) is 0.421. The summed E-state index contributed by atoms with van der Waals surface area (Å²) in [5, 5.41) is 3.59. The van der Waals surface area contributed by atoms with Gasteiger partial charge in [-0.15, -0.1) is 0 Å². The summed E-state index contributed by atoms with van der Waals surface area (Å²) in [5.41, 5.74) is 3.50. The van der Waals surface area contributed by atoms with E-state index >= 15 is 0 Å². The first-order valence-electron chi connectivity index (χ1n) is 12.4. The molecule has 2 heterocycles. The number of hydrogen-bond donors (Lipinski definition) is 1. The number of hydrogen-bond acceptors (Lipinski definition) is 5. The van der Waals surface area contributed by atoms with E-state index in [0.29, 0.717) is 41.8 Å². The van der Waals surface area contributed by atoms with Crippen molar-refractivity contribution in [3.05, 3.63) is 82.3 Å². The summed E-state index contributed by atoms with van der Waals surface area (Å²) in [5.74, 6) is 0.0539. The van der Waals surface area contributed by atoms with E-state index < -0.39 is 6.09 Å². The molecule has 0 radical (unpaired) electrons. The number of carbonyl (C=O) groups excluding carboxylic acids is 2. The average molecular weight is 539 g/mol. The second kappa shape index (κ2) is 11.3. The van der Waals surface area contributed by atoms with Gasteiger partial charge in [-0.1, -0.05) is 35.3 Å². The minimum atomic E-state index is -0.471. The molecule has 2 amide bonds. The van der Waals surface area contributed by atoms with Crippen molar-refractivity contribution in [3.8, 4) is 5.75 Å². The zero-order valence-electron chi connectivity index (χ0n) is 20.3. The molecule has 7 nitrogen and oxygen atoms in total. The molecule has 2 saturated heterocycles. The van der Waals surface area contributed by atoms with E-state index in [-0.39, 0.29) is 11.7 Å². The summed E-state index contributed by atoms with van der Waals surface area (Å²) in [7, 11) is 0. The Balaban J connectivity index is 1.14. The lowest BCUT2D eigenvalue weighted by molar-refractivity contribution is 0.102. The summed E-state index contributed by atoms with van der Waals surface area (Å²) in [6, 6.07) is 20.5. The monoisotopic (exact) mass is 538 g/mol. The highest BCUT2D eigenvalue weighted by Gasteiger charge is 2.24. The second-order valence-electron chi connectivity index (χ2n) is 9.14. The van der Waals surface area contributed by atoms with Crippen LogP contribution in [0.15, 0.2) is 66.7 Å². The van der Waals surface area contributed by atoms with E-state index in [1.807, 2.05) is 42.5 Å². The molecule has 0 unspecified atom stereocenters. The van der Waals surface area contributed by atoms with E-state index in [0.717, 1.165) is 30.2 Å². The van der Waals surface area contributed by atoms with Crippen molar-refractivity contribution in [2.24, 2.45) is 0 Å². The summed E-state index contributed by atoms with van der Waals surface area (Å²) in [4.78, 5) is 31.6. The van der Waals surface area contributed by atoms with E-state index in [1.165, 1.54) is 12.8 Å². The topological polar surface area (TPSA) is 65.1 Å². The lowest BCUT2D eigenvalue weighted by atomic mass is 10.1. The number of anilines is 3. The van der Waals surface area contributed by atoms with Gasteiger partial charge in [0.1, 0.15) is 0 Å². The minimum Gasteiger partial charge on any atom is -0.407 e. The second-order valence-corrected chi connectivity index (χ2v) is 9.95. The third-order valence-corrected chi connectivity index (χ3v) is 7.31. The fourth-order valence-corrected chi connectivity index (χ4v) is 5.13. The van der Waals surface area contributed by atoms with Crippen LogP contribution in [-0.2, 0) is 0 Å². The Morgan fingerprint density at radius 1 is 0.730 bits per heavy atom. The molecule has 1 N–H and O–H groups in total. The molecule has 3 aromatic carbocycles. The Bertz CT molecular complexity index is 1250. The van der Waals surface area contributed by atoms with Crippen molar-refractivity contribution in [2.45, 2.75) is 12.8 Å². The Morgan fingerprint density at radius 3 is 2.03 bits per heavy atom. The number of rotatable bonds is 5. The van der Waals surface area contributed by atoms with Crippen LogP contribution >= 0.6 is 23.2 Å². The highest BCUT2D eigenvalue weighted by Crippen LogP contribution is 2.33. The molecular weight excluding hydrogens is 511 g/mol. The Kier molecular flexibility index (Phi) is 7.72. The molecule has 0 saturated carbocycles. The molecule has 0 aliphatic carbocycles. The number of halogens is 2. The fraction of sp³-hybridized carbons (Fsp3) is 0.286. The van der Waals surface area contributed by atoms with Crippen molar-refractivity contribution in [2.75, 3.05) is 54.4 Å². The van der Waals surface area contributed by atoms with Crippen LogP contribution in [-0.4, -0.2) is 56.2 Å². The van der Waals surface area contributed by atoms with Crippen LogP contribution in [0.25, 0.3) is 0 Å². The van der Waals surface area contributed by atoms with Gasteiger partial charge < -0.3 is 24.8 Å². The molecule has 37 heavy (non-hydrogen) atoms. The molecule has 0 aromatic heterocycles. The highest BCUT2D eigenvalue weighted by molar-refractivity contribution is 6.37. The van der Waals surface area contributed by atoms with Crippen LogP contribution in [0.1, 0.15) is 23.2 Å². The molecule has 0 bridgehead atoms. The van der Waals surface area contributed by atoms with Crippen LogP contribution in [0, 0.1) is 0 Å². The van der Waals surface area contributed by atoms with E-state index in [2.05, 4.69) is 21.2 Å². The standard InChI is InChI=1S/C28H28Cl2N4O3/c29-24-7-4-8-25(30)26(24)37-28(36)34-17-15-33(16-18-34)22-11-9-21(10-12-22)31-27(35)20-5-3-6-23(19-20)32-13-1-2-14-32/h3-12,19H,1-2,13-18H2,(H,31,35). The smallest absolute Gasteiger partial charge is 0.407 e. The van der Waals surface area contributed by atoms with Crippen LogP contribution in [0.3, 0.4) is 0 Å². The molecule has 2 aliphatic heterocycles. The predicted molar refractivity (Wildman–Crippen MR) is 149 cm³/mol. The molecular formula is C28H28Cl2N4O3. The summed E-state index contributed by atoms with van der Waals surface area (Å²) >= 11 is 12.2. The van der Waals surface area contributed by atoms with Gasteiger partial charge in [0.05, 0.1) is 10.0 Å². The number of nitrogens with zero attached hydrogens (tertiary/aromatic N) is 3. The minimum absolute atomic E-state index is 0.125. The molecule has 9 heteroatoms. The van der Waals surface area contributed by atoms with Gasteiger partial charge in [0.2, 0.25) is 0 Å². The first-order valence-corrected chi connectivity index (χ1v) is 13.2. The van der Waals surface area contributed by atoms with Crippen molar-refractivity contribution in [1.82, 2.24) is 4.90 Å². The predicted octanol–water partition coefficient (Wildman–Crippen LogP) is 6.17. The van der Waals surface area contributed by atoms with Gasteiger partial charge in [0.25, 0.3) is 5.91 Å². The number of carbonyl (C=O) groups is 2. The largest absolute Gasteiger partial charge is 0.415 e. The maximum atomic E-state index is 12.8. The number of nitrogens with one attached hydrogen (secondary N) is 1. The number of para-hydroxylation sites is 1. The van der Waals surface area contributed by atoms with Crippen molar-refractivity contribution < 1.29 is 14.3 Å². The van der Waals surface area contributed by atoms with Crippen molar-refractivity contribution >= 4 is 52.3 Å². The first-order chi connectivity index (χ1) is 18.0. The number of amides is 2. The maximum Gasteiger partial charge on any atom is 0.415 e. The Labute approximate surface area is 226 Å². The molecule has 2 aliphatic rings. The van der Waals surface area contributed by atoms with Gasteiger partial charge >= 0.3 is 6.09 Å². The van der Waals surface area contributed by atoms with E-state index in [1.54, 1.807) is 23.1 Å². The van der Waals surface area contributed by atoms with Crippen molar-refractivity contribution in [1.29, 1.82) is 0 Å². The SMILES string of the molecule is O=C(Nc1ccc(N2CCN(C(=O)Oc3c(Cl)cccc3Cl)CC2)cc1)c1cccc(N2CCCC2)c1. The third-order valence-electron chi connectivity index (χ3n) is 6.72. The van der Waals surface area contributed by atoms with E-state index in [4.69, 9.17) is 27.9 Å².